The molecule has 96 valence electrons. The predicted molar refractivity (Wildman–Crippen MR) is 75.2 cm³/mol. The zero-order chi connectivity index (χ0) is 13.5. The molecule has 0 saturated heterocycles. The number of halogens is 1. The lowest BCUT2D eigenvalue weighted by Crippen LogP contribution is -2.37. The monoisotopic (exact) mass is 309 g/mol. The fraction of sp³-hybridized carbons (Fsp3) is 0.385. The van der Waals surface area contributed by atoms with E-state index >= 15 is 0 Å². The van der Waals surface area contributed by atoms with Crippen LogP contribution in [0.1, 0.15) is 25.8 Å². The van der Waals surface area contributed by atoms with Crippen LogP contribution in [0.3, 0.4) is 0 Å². The van der Waals surface area contributed by atoms with Gasteiger partial charge < -0.3 is 10.6 Å². The second kappa shape index (κ2) is 7.02. The molecule has 2 N–H and O–H groups in total. The molecule has 1 rings (SSSR count). The molecule has 4 nitrogen and oxygen atoms in total. The van der Waals surface area contributed by atoms with E-state index in [1.54, 1.807) is 25.1 Å². The van der Waals surface area contributed by atoms with Gasteiger partial charge in [0.05, 0.1) is 5.56 Å². The summed E-state index contributed by atoms with van der Waals surface area (Å²) < 4.78 is 0.719. The maximum absolute atomic E-state index is 11.7. The summed E-state index contributed by atoms with van der Waals surface area (Å²) in [5, 5.41) is 14.7. The van der Waals surface area contributed by atoms with Gasteiger partial charge in [0.2, 0.25) is 5.91 Å². The zero-order valence-corrected chi connectivity index (χ0v) is 12.0. The van der Waals surface area contributed by atoms with Crippen molar-refractivity contribution in [3.63, 3.8) is 0 Å². The number of rotatable bonds is 5. The Balaban J connectivity index is 2.65. The average molecular weight is 310 g/mol. The van der Waals surface area contributed by atoms with Gasteiger partial charge in [0.15, 0.2) is 0 Å². The number of nitrogens with one attached hydrogen (secondary N) is 2. The van der Waals surface area contributed by atoms with Crippen molar-refractivity contribution < 1.29 is 4.79 Å². The first-order valence-electron chi connectivity index (χ1n) is 5.82. The molecule has 1 atom stereocenters. The van der Waals surface area contributed by atoms with E-state index in [1.807, 2.05) is 6.92 Å². The van der Waals surface area contributed by atoms with Crippen LogP contribution in [-0.4, -0.2) is 18.5 Å². The molecule has 0 radical (unpaired) electrons. The molecule has 0 saturated carbocycles. The molecule has 0 bridgehead atoms. The van der Waals surface area contributed by atoms with E-state index < -0.39 is 0 Å². The van der Waals surface area contributed by atoms with Crippen molar-refractivity contribution in [3.05, 3.63) is 28.2 Å². The van der Waals surface area contributed by atoms with Crippen LogP contribution in [0.15, 0.2) is 22.7 Å². The summed E-state index contributed by atoms with van der Waals surface area (Å²) in [4.78, 5) is 11.7. The normalized spacial score (nSPS) is 11.4. The van der Waals surface area contributed by atoms with E-state index in [-0.39, 0.29) is 11.9 Å². The molecule has 0 aliphatic rings. The van der Waals surface area contributed by atoms with Gasteiger partial charge in [-0.1, -0.05) is 6.92 Å². The number of carbonyl (C=O) groups excluding carboxylic acids is 1. The van der Waals surface area contributed by atoms with Crippen LogP contribution in [-0.2, 0) is 4.79 Å². The summed E-state index contributed by atoms with van der Waals surface area (Å²) in [5.74, 6) is -0.0302. The zero-order valence-electron chi connectivity index (χ0n) is 10.5. The molecule has 0 spiro atoms. The third kappa shape index (κ3) is 4.04. The lowest BCUT2D eigenvalue weighted by atomic mass is 10.2. The minimum absolute atomic E-state index is 0.0302. The second-order valence-corrected chi connectivity index (χ2v) is 4.82. The minimum Gasteiger partial charge on any atom is -0.374 e. The van der Waals surface area contributed by atoms with Crippen LogP contribution in [0.5, 0.6) is 0 Å². The number of hydrogen-bond acceptors (Lipinski definition) is 3. The number of amides is 1. The highest BCUT2D eigenvalue weighted by molar-refractivity contribution is 9.10. The van der Waals surface area contributed by atoms with Gasteiger partial charge in [-0.05, 0) is 47.5 Å². The van der Waals surface area contributed by atoms with Crippen LogP contribution < -0.4 is 10.6 Å². The first kappa shape index (κ1) is 14.5. The molecule has 18 heavy (non-hydrogen) atoms. The van der Waals surface area contributed by atoms with Crippen molar-refractivity contribution in [2.24, 2.45) is 0 Å². The Kier molecular flexibility index (Phi) is 5.66. The number of nitriles is 1. The first-order chi connectivity index (χ1) is 8.58. The van der Waals surface area contributed by atoms with Crippen LogP contribution in [0, 0.1) is 11.3 Å². The van der Waals surface area contributed by atoms with Crippen molar-refractivity contribution in [1.29, 1.82) is 5.26 Å². The highest BCUT2D eigenvalue weighted by Gasteiger charge is 2.12. The summed E-state index contributed by atoms with van der Waals surface area (Å²) in [7, 11) is 0. The Morgan fingerprint density at radius 1 is 1.56 bits per heavy atom. The van der Waals surface area contributed by atoms with Gasteiger partial charge in [-0.15, -0.1) is 0 Å². The van der Waals surface area contributed by atoms with Crippen molar-refractivity contribution in [2.75, 3.05) is 11.9 Å². The molecule has 1 aromatic carbocycles. The van der Waals surface area contributed by atoms with Gasteiger partial charge in [0.1, 0.15) is 12.1 Å². The molecule has 0 aliphatic carbocycles. The lowest BCUT2D eigenvalue weighted by molar-refractivity contribution is -0.121. The number of carbonyl (C=O) groups is 1. The van der Waals surface area contributed by atoms with Crippen molar-refractivity contribution in [3.8, 4) is 6.07 Å². The summed E-state index contributed by atoms with van der Waals surface area (Å²) in [6.45, 7) is 4.50. The third-order valence-corrected chi connectivity index (χ3v) is 3.07. The molecule has 1 aromatic rings. The Morgan fingerprint density at radius 3 is 2.83 bits per heavy atom. The van der Waals surface area contributed by atoms with E-state index in [4.69, 9.17) is 5.26 Å². The molecular formula is C13H16BrN3O. The van der Waals surface area contributed by atoms with Gasteiger partial charge >= 0.3 is 0 Å². The first-order valence-corrected chi connectivity index (χ1v) is 6.61. The minimum atomic E-state index is -0.309. The number of nitrogens with zero attached hydrogens (tertiary/aromatic N) is 1. The highest BCUT2D eigenvalue weighted by Crippen LogP contribution is 2.21. The number of anilines is 1. The van der Waals surface area contributed by atoms with Crippen molar-refractivity contribution >= 4 is 27.5 Å². The second-order valence-electron chi connectivity index (χ2n) is 3.96. The summed E-state index contributed by atoms with van der Waals surface area (Å²) in [6.07, 6.45) is 0.918. The van der Waals surface area contributed by atoms with E-state index in [0.29, 0.717) is 12.1 Å². The van der Waals surface area contributed by atoms with Crippen molar-refractivity contribution in [1.82, 2.24) is 5.32 Å². The summed E-state index contributed by atoms with van der Waals surface area (Å²) in [5.41, 5.74) is 1.38. The van der Waals surface area contributed by atoms with E-state index in [9.17, 15) is 4.79 Å². The van der Waals surface area contributed by atoms with Crippen LogP contribution in [0.25, 0.3) is 0 Å². The average Bonchev–Trinajstić information content (AvgIpc) is 2.36. The Morgan fingerprint density at radius 2 is 2.28 bits per heavy atom. The number of benzene rings is 1. The maximum Gasteiger partial charge on any atom is 0.242 e. The van der Waals surface area contributed by atoms with Gasteiger partial charge in [0, 0.05) is 16.7 Å². The number of hydrogen-bond donors (Lipinski definition) is 2. The largest absolute Gasteiger partial charge is 0.374 e. The molecule has 0 fully saturated rings. The van der Waals surface area contributed by atoms with Gasteiger partial charge in [-0.25, -0.2) is 0 Å². The molecular weight excluding hydrogens is 294 g/mol. The standard InChI is InChI=1S/C13H16BrN3O/c1-3-6-16-13(18)9(2)17-11-5-4-10(8-15)12(14)7-11/h4-5,7,9,17H,3,6H2,1-2H3,(H,16,18). The van der Waals surface area contributed by atoms with Crippen LogP contribution in [0.2, 0.25) is 0 Å². The fourth-order valence-electron chi connectivity index (χ4n) is 1.41. The fourth-order valence-corrected chi connectivity index (χ4v) is 1.88. The molecule has 0 aromatic heterocycles. The molecule has 1 amide bonds. The molecule has 0 heterocycles. The Hall–Kier alpha value is -1.54. The Bertz CT molecular complexity index is 468. The van der Waals surface area contributed by atoms with Gasteiger partial charge in [-0.2, -0.15) is 5.26 Å². The molecule has 0 aliphatic heterocycles. The summed E-state index contributed by atoms with van der Waals surface area (Å²) >= 11 is 3.31. The SMILES string of the molecule is CCCNC(=O)C(C)Nc1ccc(C#N)c(Br)c1. The van der Waals surface area contributed by atoms with E-state index in [0.717, 1.165) is 16.6 Å². The van der Waals surface area contributed by atoms with Crippen LogP contribution in [0.4, 0.5) is 5.69 Å². The van der Waals surface area contributed by atoms with Crippen LogP contribution >= 0.6 is 15.9 Å². The van der Waals surface area contributed by atoms with E-state index in [1.165, 1.54) is 0 Å². The lowest BCUT2D eigenvalue weighted by Gasteiger charge is -2.15. The van der Waals surface area contributed by atoms with Crippen molar-refractivity contribution in [2.45, 2.75) is 26.3 Å². The topological polar surface area (TPSA) is 64.9 Å². The van der Waals surface area contributed by atoms with Gasteiger partial charge in [0.25, 0.3) is 0 Å². The Labute approximate surface area is 116 Å². The maximum atomic E-state index is 11.7. The van der Waals surface area contributed by atoms with E-state index in [2.05, 4.69) is 32.6 Å². The predicted octanol–water partition coefficient (Wildman–Crippen LogP) is 2.65. The molecule has 1 unspecified atom stereocenters. The quantitative estimate of drug-likeness (QED) is 0.879. The highest BCUT2D eigenvalue weighted by atomic mass is 79.9. The van der Waals surface area contributed by atoms with Gasteiger partial charge in [-0.3, -0.25) is 4.79 Å². The summed E-state index contributed by atoms with van der Waals surface area (Å²) in [6, 6.07) is 7.05. The smallest absolute Gasteiger partial charge is 0.242 e. The molecule has 5 heteroatoms. The third-order valence-electron chi connectivity index (χ3n) is 2.42.